The van der Waals surface area contributed by atoms with Crippen LogP contribution in [0.4, 0.5) is 0 Å². The first-order valence-electron chi connectivity index (χ1n) is 10.3. The predicted octanol–water partition coefficient (Wildman–Crippen LogP) is 5.41. The van der Waals surface area contributed by atoms with Gasteiger partial charge in [0.2, 0.25) is 5.78 Å². The molecule has 0 aliphatic carbocycles. The monoisotopic (exact) mass is 441 g/mol. The molecule has 0 amide bonds. The number of ketones is 1. The lowest BCUT2D eigenvalue weighted by Gasteiger charge is -2.12. The second-order valence-electron chi connectivity index (χ2n) is 7.13. The van der Waals surface area contributed by atoms with Gasteiger partial charge >= 0.3 is 5.97 Å². The predicted molar refractivity (Wildman–Crippen MR) is 125 cm³/mol. The number of carbonyl (C=O) groups is 2. The Morgan fingerprint density at radius 1 is 0.970 bits per heavy atom. The molecule has 0 aliphatic rings. The maximum atomic E-state index is 12.7. The topological polar surface area (TPSA) is 85.6 Å². The second-order valence-corrected chi connectivity index (χ2v) is 7.13. The van der Waals surface area contributed by atoms with Crippen LogP contribution in [-0.2, 0) is 0 Å². The summed E-state index contributed by atoms with van der Waals surface area (Å²) >= 11 is 0. The fraction of sp³-hybridized carbons (Fsp3) is 0.148. The van der Waals surface area contributed by atoms with Gasteiger partial charge in [-0.05, 0) is 55.8 Å². The number of benzene rings is 3. The first kappa shape index (κ1) is 23.3. The number of aryl methyl sites for hydroxylation is 1. The molecule has 3 aromatic carbocycles. The van der Waals surface area contributed by atoms with E-state index in [-0.39, 0.29) is 17.1 Å². The van der Waals surface area contributed by atoms with E-state index in [2.05, 4.69) is 0 Å². The highest BCUT2D eigenvalue weighted by atomic mass is 16.6. The fourth-order valence-corrected chi connectivity index (χ4v) is 3.05. The number of allylic oxidation sites excluding steroid dienone is 1. The quantitative estimate of drug-likeness (QED) is 0.153. The number of carbonyl (C=O) groups excluding carboxylic acids is 2. The van der Waals surface area contributed by atoms with Crippen LogP contribution in [0.1, 0.15) is 38.8 Å². The molecule has 6 heteroatoms. The summed E-state index contributed by atoms with van der Waals surface area (Å²) in [5.41, 5.74) is 2.34. The molecule has 0 aromatic heterocycles. The molecule has 0 saturated carbocycles. The van der Waals surface area contributed by atoms with Crippen LogP contribution < -0.4 is 14.2 Å². The number of nitriles is 1. The van der Waals surface area contributed by atoms with E-state index < -0.39 is 5.97 Å². The van der Waals surface area contributed by atoms with Gasteiger partial charge < -0.3 is 14.2 Å². The lowest BCUT2D eigenvalue weighted by atomic mass is 10.0. The Kier molecular flexibility index (Phi) is 7.61. The molecule has 0 atom stereocenters. The zero-order chi connectivity index (χ0) is 23.8. The summed E-state index contributed by atoms with van der Waals surface area (Å²) in [7, 11) is 1.52. The zero-order valence-electron chi connectivity index (χ0n) is 18.6. The summed E-state index contributed by atoms with van der Waals surface area (Å²) in [6.07, 6.45) is 1.48. The highest BCUT2D eigenvalue weighted by molar-refractivity contribution is 6.14. The van der Waals surface area contributed by atoms with Gasteiger partial charge in [0.15, 0.2) is 11.5 Å². The Bertz CT molecular complexity index is 1240. The Hall–Kier alpha value is -4.37. The molecule has 3 rings (SSSR count). The molecule has 0 unspecified atom stereocenters. The van der Waals surface area contributed by atoms with E-state index in [1.165, 1.54) is 13.2 Å². The first-order valence-corrected chi connectivity index (χ1v) is 10.3. The molecule has 166 valence electrons. The van der Waals surface area contributed by atoms with Gasteiger partial charge in [0.25, 0.3) is 0 Å². The van der Waals surface area contributed by atoms with E-state index in [9.17, 15) is 14.9 Å². The van der Waals surface area contributed by atoms with Crippen LogP contribution >= 0.6 is 0 Å². The molecule has 0 N–H and O–H groups in total. The minimum atomic E-state index is -0.564. The second kappa shape index (κ2) is 10.8. The van der Waals surface area contributed by atoms with Crippen molar-refractivity contribution >= 4 is 17.8 Å². The van der Waals surface area contributed by atoms with E-state index in [1.807, 2.05) is 25.1 Å². The van der Waals surface area contributed by atoms with Gasteiger partial charge in [-0.2, -0.15) is 5.26 Å². The van der Waals surface area contributed by atoms with Gasteiger partial charge in [0.05, 0.1) is 19.3 Å². The molecule has 0 radical (unpaired) electrons. The molecular weight excluding hydrogens is 418 g/mol. The van der Waals surface area contributed by atoms with Gasteiger partial charge in [-0.1, -0.05) is 42.0 Å². The van der Waals surface area contributed by atoms with Crippen molar-refractivity contribution in [1.82, 2.24) is 0 Å². The maximum absolute atomic E-state index is 12.7. The Morgan fingerprint density at radius 3 is 2.39 bits per heavy atom. The van der Waals surface area contributed by atoms with Crippen LogP contribution in [0.15, 0.2) is 72.3 Å². The molecular formula is C27H23NO5. The van der Waals surface area contributed by atoms with Crippen LogP contribution in [0, 0.1) is 18.3 Å². The van der Waals surface area contributed by atoms with Crippen LogP contribution in [-0.4, -0.2) is 25.5 Å². The highest BCUT2D eigenvalue weighted by Crippen LogP contribution is 2.30. The van der Waals surface area contributed by atoms with Crippen molar-refractivity contribution in [1.29, 1.82) is 5.26 Å². The number of rotatable bonds is 8. The van der Waals surface area contributed by atoms with Gasteiger partial charge in [0.1, 0.15) is 17.4 Å². The number of Topliss-reactive ketones (excluding diaryl/α,β-unsaturated/α-hetero) is 1. The third-order valence-electron chi connectivity index (χ3n) is 4.77. The fourth-order valence-electron chi connectivity index (χ4n) is 3.05. The number of hydrogen-bond acceptors (Lipinski definition) is 6. The van der Waals surface area contributed by atoms with E-state index in [4.69, 9.17) is 14.2 Å². The molecule has 0 saturated heterocycles. The highest BCUT2D eigenvalue weighted by Gasteiger charge is 2.16. The average Bonchev–Trinajstić information content (AvgIpc) is 2.84. The standard InChI is InChI=1S/C27H23NO5/c1-4-32-25-15-19(14-22(17-28)26(29)20-11-8-18(2)9-12-20)10-13-24(25)33-27(30)21-6-5-7-23(16-21)31-3/h5-16H,4H2,1-3H3. The zero-order valence-corrected chi connectivity index (χ0v) is 18.6. The number of nitrogens with zero attached hydrogens (tertiary/aromatic N) is 1. The summed E-state index contributed by atoms with van der Waals surface area (Å²) in [4.78, 5) is 25.3. The van der Waals surface area contributed by atoms with E-state index in [0.717, 1.165) is 5.56 Å². The number of esters is 1. The molecule has 33 heavy (non-hydrogen) atoms. The summed E-state index contributed by atoms with van der Waals surface area (Å²) in [5, 5.41) is 9.54. The molecule has 0 spiro atoms. The van der Waals surface area contributed by atoms with Gasteiger partial charge in [0, 0.05) is 5.56 Å². The maximum Gasteiger partial charge on any atom is 0.343 e. The number of hydrogen-bond donors (Lipinski definition) is 0. The van der Waals surface area contributed by atoms with Crippen LogP contribution in [0.3, 0.4) is 0 Å². The minimum Gasteiger partial charge on any atom is -0.497 e. The summed E-state index contributed by atoms with van der Waals surface area (Å²) in [6.45, 7) is 4.06. The average molecular weight is 441 g/mol. The lowest BCUT2D eigenvalue weighted by molar-refractivity contribution is 0.0728. The molecule has 6 nitrogen and oxygen atoms in total. The number of methoxy groups -OCH3 is 1. The number of ether oxygens (including phenoxy) is 3. The van der Waals surface area contributed by atoms with Crippen LogP contribution in [0.2, 0.25) is 0 Å². The van der Waals surface area contributed by atoms with Crippen molar-refractivity contribution in [3.8, 4) is 23.3 Å². The smallest absolute Gasteiger partial charge is 0.343 e. The van der Waals surface area contributed by atoms with E-state index in [1.54, 1.807) is 61.5 Å². The third kappa shape index (κ3) is 5.86. The Labute approximate surface area is 192 Å². The van der Waals surface area contributed by atoms with Gasteiger partial charge in [-0.25, -0.2) is 4.79 Å². The minimum absolute atomic E-state index is 0.0116. The molecule has 0 fully saturated rings. The molecule has 0 aliphatic heterocycles. The van der Waals surface area contributed by atoms with Gasteiger partial charge in [-0.15, -0.1) is 0 Å². The Morgan fingerprint density at radius 2 is 1.73 bits per heavy atom. The first-order chi connectivity index (χ1) is 15.9. The largest absolute Gasteiger partial charge is 0.497 e. The summed E-state index contributed by atoms with van der Waals surface area (Å²) < 4.78 is 16.3. The Balaban J connectivity index is 1.88. The van der Waals surface area contributed by atoms with Crippen molar-refractivity contribution in [3.63, 3.8) is 0 Å². The van der Waals surface area contributed by atoms with Crippen molar-refractivity contribution < 1.29 is 23.8 Å². The summed E-state index contributed by atoms with van der Waals surface area (Å²) in [5.74, 6) is 0.152. The lowest BCUT2D eigenvalue weighted by Crippen LogP contribution is -2.10. The molecule has 0 bridgehead atoms. The van der Waals surface area contributed by atoms with Crippen molar-refractivity contribution in [2.24, 2.45) is 0 Å². The molecule has 3 aromatic rings. The third-order valence-corrected chi connectivity index (χ3v) is 4.77. The van der Waals surface area contributed by atoms with Crippen molar-refractivity contribution in [3.05, 3.63) is 94.6 Å². The van der Waals surface area contributed by atoms with E-state index >= 15 is 0 Å². The van der Waals surface area contributed by atoms with Gasteiger partial charge in [-0.3, -0.25) is 4.79 Å². The van der Waals surface area contributed by atoms with Crippen molar-refractivity contribution in [2.75, 3.05) is 13.7 Å². The SMILES string of the molecule is CCOc1cc(C=C(C#N)C(=O)c2ccc(C)cc2)ccc1OC(=O)c1cccc(OC)c1. The normalized spacial score (nSPS) is 10.8. The molecule has 0 heterocycles. The summed E-state index contributed by atoms with van der Waals surface area (Å²) in [6, 6.07) is 20.5. The van der Waals surface area contributed by atoms with E-state index in [0.29, 0.717) is 34.8 Å². The van der Waals surface area contributed by atoms with Crippen LogP contribution in [0.5, 0.6) is 17.2 Å². The van der Waals surface area contributed by atoms with Crippen molar-refractivity contribution in [2.45, 2.75) is 13.8 Å². The van der Waals surface area contributed by atoms with Crippen LogP contribution in [0.25, 0.3) is 6.08 Å².